The Morgan fingerprint density at radius 3 is 1.71 bits per heavy atom. The highest BCUT2D eigenvalue weighted by molar-refractivity contribution is 5.97. The van der Waals surface area contributed by atoms with Crippen LogP contribution in [0, 0.1) is 0 Å². The summed E-state index contributed by atoms with van der Waals surface area (Å²) in [5.41, 5.74) is 0. The van der Waals surface area contributed by atoms with Gasteiger partial charge in [0.05, 0.1) is 0 Å². The Kier molecular flexibility index (Phi) is 1.60. The van der Waals surface area contributed by atoms with Gasteiger partial charge in [-0.05, 0) is 25.7 Å². The predicted molar refractivity (Wildman–Crippen MR) is 49.5 cm³/mol. The average Bonchev–Trinajstić information content (AvgIpc) is 2.82. The van der Waals surface area contributed by atoms with E-state index in [-0.39, 0.29) is 23.9 Å². The standard InChI is InChI=1S/C10H14N2O2/c13-9-7-3-1-5-11(7)10(14)8-4-2-6-12(8)9/h7-8H,1-6H2/t7-,8+. The van der Waals surface area contributed by atoms with Crippen molar-refractivity contribution >= 4 is 11.8 Å². The summed E-state index contributed by atoms with van der Waals surface area (Å²) in [6, 6.07) is -0.228. The van der Waals surface area contributed by atoms with E-state index < -0.39 is 0 Å². The van der Waals surface area contributed by atoms with Crippen molar-refractivity contribution in [2.75, 3.05) is 13.1 Å². The van der Waals surface area contributed by atoms with Gasteiger partial charge in [-0.25, -0.2) is 0 Å². The minimum absolute atomic E-state index is 0.114. The molecule has 3 aliphatic heterocycles. The molecule has 3 rings (SSSR count). The van der Waals surface area contributed by atoms with Crippen LogP contribution >= 0.6 is 0 Å². The lowest BCUT2D eigenvalue weighted by atomic mass is 10.1. The van der Waals surface area contributed by atoms with Crippen molar-refractivity contribution in [3.63, 3.8) is 0 Å². The lowest BCUT2D eigenvalue weighted by Crippen LogP contribution is -2.60. The van der Waals surface area contributed by atoms with Crippen molar-refractivity contribution in [1.29, 1.82) is 0 Å². The van der Waals surface area contributed by atoms with E-state index in [1.165, 1.54) is 0 Å². The van der Waals surface area contributed by atoms with E-state index in [0.717, 1.165) is 38.8 Å². The fraction of sp³-hybridized carbons (Fsp3) is 0.800. The highest BCUT2D eigenvalue weighted by Crippen LogP contribution is 2.31. The molecule has 0 radical (unpaired) electrons. The van der Waals surface area contributed by atoms with Crippen LogP contribution in [0.4, 0.5) is 0 Å². The molecule has 3 aliphatic rings. The highest BCUT2D eigenvalue weighted by atomic mass is 16.2. The Balaban J connectivity index is 1.96. The summed E-state index contributed by atoms with van der Waals surface area (Å²) in [7, 11) is 0. The van der Waals surface area contributed by atoms with Gasteiger partial charge < -0.3 is 9.80 Å². The molecule has 3 saturated heterocycles. The molecular weight excluding hydrogens is 180 g/mol. The molecule has 0 N–H and O–H groups in total. The van der Waals surface area contributed by atoms with Gasteiger partial charge in [0, 0.05) is 13.1 Å². The lowest BCUT2D eigenvalue weighted by Gasteiger charge is -2.38. The van der Waals surface area contributed by atoms with Gasteiger partial charge >= 0.3 is 0 Å². The molecule has 0 spiro atoms. The second-order valence-electron chi connectivity index (χ2n) is 4.38. The molecule has 3 heterocycles. The summed E-state index contributed by atoms with van der Waals surface area (Å²) in [6.45, 7) is 1.58. The monoisotopic (exact) mass is 194 g/mol. The van der Waals surface area contributed by atoms with Crippen molar-refractivity contribution in [3.8, 4) is 0 Å². The van der Waals surface area contributed by atoms with Gasteiger partial charge in [0.15, 0.2) is 0 Å². The number of carbonyl (C=O) groups excluding carboxylic acids is 2. The Bertz CT molecular complexity index is 248. The zero-order valence-electron chi connectivity index (χ0n) is 8.11. The number of nitrogens with zero attached hydrogens (tertiary/aromatic N) is 2. The quantitative estimate of drug-likeness (QED) is 0.544. The Labute approximate surface area is 82.8 Å². The molecule has 0 aromatic heterocycles. The van der Waals surface area contributed by atoms with E-state index in [4.69, 9.17) is 0 Å². The van der Waals surface area contributed by atoms with Crippen LogP contribution in [0.5, 0.6) is 0 Å². The Hall–Kier alpha value is -1.06. The molecule has 0 aromatic carbocycles. The molecule has 0 aliphatic carbocycles. The van der Waals surface area contributed by atoms with Crippen molar-refractivity contribution in [2.24, 2.45) is 0 Å². The summed E-state index contributed by atoms with van der Waals surface area (Å²) in [6.07, 6.45) is 3.72. The van der Waals surface area contributed by atoms with E-state index in [0.29, 0.717) is 0 Å². The number of carbonyl (C=O) groups is 2. The van der Waals surface area contributed by atoms with Crippen molar-refractivity contribution in [3.05, 3.63) is 0 Å². The first-order chi connectivity index (χ1) is 6.79. The lowest BCUT2D eigenvalue weighted by molar-refractivity contribution is -0.156. The zero-order chi connectivity index (χ0) is 9.71. The van der Waals surface area contributed by atoms with Crippen LogP contribution in [0.15, 0.2) is 0 Å². The van der Waals surface area contributed by atoms with Gasteiger partial charge in [-0.2, -0.15) is 0 Å². The summed E-state index contributed by atoms with van der Waals surface area (Å²) in [4.78, 5) is 27.5. The zero-order valence-corrected chi connectivity index (χ0v) is 8.11. The fourth-order valence-electron chi connectivity index (χ4n) is 2.96. The van der Waals surface area contributed by atoms with E-state index in [1.807, 2.05) is 0 Å². The van der Waals surface area contributed by atoms with Crippen molar-refractivity contribution in [2.45, 2.75) is 37.8 Å². The number of amides is 2. The number of hydrogen-bond donors (Lipinski definition) is 0. The molecule has 76 valence electrons. The van der Waals surface area contributed by atoms with E-state index in [9.17, 15) is 9.59 Å². The van der Waals surface area contributed by atoms with Crippen LogP contribution in [0.2, 0.25) is 0 Å². The molecule has 14 heavy (non-hydrogen) atoms. The van der Waals surface area contributed by atoms with Gasteiger partial charge in [0.1, 0.15) is 12.1 Å². The summed E-state index contributed by atoms with van der Waals surface area (Å²) >= 11 is 0. The topological polar surface area (TPSA) is 40.6 Å². The molecule has 3 fully saturated rings. The maximum atomic E-state index is 12.0. The minimum Gasteiger partial charge on any atom is -0.329 e. The molecule has 2 amide bonds. The third kappa shape index (κ3) is 0.885. The van der Waals surface area contributed by atoms with E-state index in [1.54, 1.807) is 9.80 Å². The van der Waals surface area contributed by atoms with E-state index in [2.05, 4.69) is 0 Å². The van der Waals surface area contributed by atoms with Crippen molar-refractivity contribution < 1.29 is 9.59 Å². The smallest absolute Gasteiger partial charge is 0.246 e. The highest BCUT2D eigenvalue weighted by Gasteiger charge is 2.49. The Morgan fingerprint density at radius 2 is 1.29 bits per heavy atom. The largest absolute Gasteiger partial charge is 0.329 e. The van der Waals surface area contributed by atoms with Gasteiger partial charge in [-0.1, -0.05) is 0 Å². The molecule has 0 saturated carbocycles. The van der Waals surface area contributed by atoms with Gasteiger partial charge in [0.25, 0.3) is 0 Å². The summed E-state index contributed by atoms with van der Waals surface area (Å²) in [5, 5.41) is 0. The molecule has 2 atom stereocenters. The molecular formula is C10H14N2O2. The molecule has 0 bridgehead atoms. The van der Waals surface area contributed by atoms with Crippen LogP contribution in [0.25, 0.3) is 0 Å². The average molecular weight is 194 g/mol. The van der Waals surface area contributed by atoms with Crippen LogP contribution < -0.4 is 0 Å². The maximum Gasteiger partial charge on any atom is 0.246 e. The van der Waals surface area contributed by atoms with Crippen LogP contribution in [-0.4, -0.2) is 46.8 Å². The third-order valence-electron chi connectivity index (χ3n) is 3.64. The van der Waals surface area contributed by atoms with Gasteiger partial charge in [-0.3, -0.25) is 9.59 Å². The number of piperazine rings is 1. The van der Waals surface area contributed by atoms with Crippen LogP contribution in [-0.2, 0) is 9.59 Å². The Morgan fingerprint density at radius 1 is 0.857 bits per heavy atom. The fourth-order valence-corrected chi connectivity index (χ4v) is 2.96. The van der Waals surface area contributed by atoms with E-state index >= 15 is 0 Å². The maximum absolute atomic E-state index is 12.0. The first-order valence-electron chi connectivity index (χ1n) is 5.40. The van der Waals surface area contributed by atoms with Crippen LogP contribution in [0.1, 0.15) is 25.7 Å². The molecule has 0 unspecified atom stereocenters. The minimum atomic E-state index is -0.114. The number of rotatable bonds is 0. The third-order valence-corrected chi connectivity index (χ3v) is 3.64. The summed E-state index contributed by atoms with van der Waals surface area (Å²) < 4.78 is 0. The van der Waals surface area contributed by atoms with Crippen molar-refractivity contribution in [1.82, 2.24) is 9.80 Å². The number of hydrogen-bond acceptors (Lipinski definition) is 2. The first kappa shape index (κ1) is 8.26. The normalized spacial score (nSPS) is 36.3. The second kappa shape index (κ2) is 2.72. The molecule has 0 aromatic rings. The van der Waals surface area contributed by atoms with Crippen LogP contribution in [0.3, 0.4) is 0 Å². The molecule has 4 heteroatoms. The van der Waals surface area contributed by atoms with Gasteiger partial charge in [0.2, 0.25) is 11.8 Å². The number of fused-ring (bicyclic) bond motifs is 2. The second-order valence-corrected chi connectivity index (χ2v) is 4.38. The SMILES string of the molecule is O=C1[C@@H]2CCCN2C(=O)[C@H]2CCCN12. The summed E-state index contributed by atoms with van der Waals surface area (Å²) in [5.74, 6) is 0.397. The van der Waals surface area contributed by atoms with Gasteiger partial charge in [-0.15, -0.1) is 0 Å². The first-order valence-corrected chi connectivity index (χ1v) is 5.40. The predicted octanol–water partition coefficient (Wildman–Crippen LogP) is -0.0180. The molecule has 4 nitrogen and oxygen atoms in total.